The van der Waals surface area contributed by atoms with Crippen LogP contribution in [0, 0.1) is 5.82 Å². The van der Waals surface area contributed by atoms with Gasteiger partial charge in [-0.2, -0.15) is 0 Å². The van der Waals surface area contributed by atoms with Crippen molar-refractivity contribution in [3.63, 3.8) is 0 Å². The standard InChI is InChI=1S/C35H41FN4O4S2/c1-3-4-23-44-29-9-12-31(13-10-29)46(42,43)34-25-37-33-14-11-30(45(2)41)24-32(33)35(34)40-17-15-28(16-18-40)39-21-19-38(20-22-39)27-7-5-26(36)6-8-27/h5-14,24-25,28H,3-4,15-23H2,1-2H3. The summed E-state index contributed by atoms with van der Waals surface area (Å²) in [4.78, 5) is 12.5. The molecule has 46 heavy (non-hydrogen) atoms. The van der Waals surface area contributed by atoms with Crippen molar-refractivity contribution in [2.45, 2.75) is 53.3 Å². The van der Waals surface area contributed by atoms with Gasteiger partial charge in [-0.15, -0.1) is 0 Å². The summed E-state index contributed by atoms with van der Waals surface area (Å²) in [5.41, 5.74) is 2.34. The zero-order valence-corrected chi connectivity index (χ0v) is 28.0. The maximum Gasteiger partial charge on any atom is 0.210 e. The monoisotopic (exact) mass is 664 g/mol. The molecule has 4 aromatic rings. The van der Waals surface area contributed by atoms with Crippen LogP contribution in [0.4, 0.5) is 15.8 Å². The van der Waals surface area contributed by atoms with Crippen molar-refractivity contribution in [2.75, 3.05) is 61.9 Å². The van der Waals surface area contributed by atoms with E-state index in [4.69, 9.17) is 4.74 Å². The highest BCUT2D eigenvalue weighted by Crippen LogP contribution is 2.39. The minimum atomic E-state index is -3.93. The van der Waals surface area contributed by atoms with Crippen LogP contribution >= 0.6 is 0 Å². The fourth-order valence-corrected chi connectivity index (χ4v) is 8.45. The number of sulfone groups is 1. The summed E-state index contributed by atoms with van der Waals surface area (Å²) in [7, 11) is -3.93. The van der Waals surface area contributed by atoms with Gasteiger partial charge in [-0.05, 0) is 91.1 Å². The van der Waals surface area contributed by atoms with Crippen LogP contribution in [0.2, 0.25) is 0 Å². The number of nitrogens with zero attached hydrogens (tertiary/aromatic N) is 4. The van der Waals surface area contributed by atoms with Gasteiger partial charge in [0.2, 0.25) is 9.84 Å². The molecular weight excluding hydrogens is 624 g/mol. The third kappa shape index (κ3) is 6.97. The van der Waals surface area contributed by atoms with Crippen LogP contribution in [0.15, 0.2) is 87.6 Å². The van der Waals surface area contributed by atoms with Crippen molar-refractivity contribution in [1.82, 2.24) is 9.88 Å². The number of unbranched alkanes of at least 4 members (excludes halogenated alkanes) is 1. The van der Waals surface area contributed by atoms with Crippen molar-refractivity contribution in [2.24, 2.45) is 0 Å². The summed E-state index contributed by atoms with van der Waals surface area (Å²) in [6, 6.07) is 19.1. The number of rotatable bonds is 10. The topological polar surface area (TPSA) is 89.0 Å². The van der Waals surface area contributed by atoms with Gasteiger partial charge in [0.05, 0.1) is 22.7 Å². The van der Waals surface area contributed by atoms with Gasteiger partial charge in [-0.25, -0.2) is 12.8 Å². The Morgan fingerprint density at radius 3 is 2.28 bits per heavy atom. The van der Waals surface area contributed by atoms with Gasteiger partial charge < -0.3 is 19.1 Å². The first-order chi connectivity index (χ1) is 22.2. The molecule has 244 valence electrons. The van der Waals surface area contributed by atoms with E-state index in [1.807, 2.05) is 24.3 Å². The van der Waals surface area contributed by atoms with Gasteiger partial charge in [0, 0.05) is 68.6 Å². The maximum absolute atomic E-state index is 14.2. The smallest absolute Gasteiger partial charge is 0.210 e. The van der Waals surface area contributed by atoms with Crippen LogP contribution in [-0.2, 0) is 21.0 Å². The fraction of sp³-hybridized carbons (Fsp3) is 0.400. The minimum Gasteiger partial charge on any atom is -0.612 e. The number of piperidine rings is 1. The number of fused-ring (bicyclic) bond motifs is 1. The van der Waals surface area contributed by atoms with E-state index in [9.17, 15) is 17.4 Å². The lowest BCUT2D eigenvalue weighted by atomic mass is 10.0. The molecule has 0 amide bonds. The lowest BCUT2D eigenvalue weighted by Crippen LogP contribution is -2.53. The predicted octanol–water partition coefficient (Wildman–Crippen LogP) is 5.91. The van der Waals surface area contributed by atoms with Gasteiger partial charge in [0.25, 0.3) is 0 Å². The highest BCUT2D eigenvalue weighted by Gasteiger charge is 2.32. The first kappa shape index (κ1) is 32.6. The van der Waals surface area contributed by atoms with Crippen molar-refractivity contribution in [1.29, 1.82) is 0 Å². The lowest BCUT2D eigenvalue weighted by molar-refractivity contribution is 0.160. The van der Waals surface area contributed by atoms with E-state index < -0.39 is 21.0 Å². The second kappa shape index (κ2) is 14.2. The number of benzene rings is 3. The minimum absolute atomic E-state index is 0.157. The van der Waals surface area contributed by atoms with Crippen LogP contribution in [0.1, 0.15) is 32.6 Å². The highest BCUT2D eigenvalue weighted by molar-refractivity contribution is 7.91. The van der Waals surface area contributed by atoms with E-state index in [0.29, 0.717) is 53.0 Å². The first-order valence-electron chi connectivity index (χ1n) is 16.0. The summed E-state index contributed by atoms with van der Waals surface area (Å²) < 4.78 is 60.1. The summed E-state index contributed by atoms with van der Waals surface area (Å²) in [6.45, 7) is 7.65. The van der Waals surface area contributed by atoms with E-state index in [-0.39, 0.29) is 15.6 Å². The SMILES string of the molecule is CCCCOc1ccc(S(=O)(=O)c2cnc3ccc([S+](C)[O-])cc3c2N2CCC(N3CCN(c4ccc(F)cc4)CC3)CC2)cc1. The highest BCUT2D eigenvalue weighted by atomic mass is 32.2. The van der Waals surface area contributed by atoms with Gasteiger partial charge >= 0.3 is 0 Å². The van der Waals surface area contributed by atoms with Crippen LogP contribution in [0.3, 0.4) is 0 Å². The fourth-order valence-electron chi connectivity index (χ4n) is 6.47. The van der Waals surface area contributed by atoms with Crippen molar-refractivity contribution >= 4 is 43.3 Å². The largest absolute Gasteiger partial charge is 0.612 e. The molecule has 8 nitrogen and oxygen atoms in total. The van der Waals surface area contributed by atoms with Gasteiger partial charge in [-0.1, -0.05) is 13.3 Å². The van der Waals surface area contributed by atoms with E-state index in [1.54, 1.807) is 36.6 Å². The summed E-state index contributed by atoms with van der Waals surface area (Å²) in [5.74, 6) is 0.413. The molecule has 0 radical (unpaired) electrons. The summed E-state index contributed by atoms with van der Waals surface area (Å²) >= 11 is -1.23. The summed E-state index contributed by atoms with van der Waals surface area (Å²) in [6.07, 6.45) is 6.83. The molecule has 6 rings (SSSR count). The van der Waals surface area contributed by atoms with Crippen molar-refractivity contribution in [3.05, 3.63) is 78.7 Å². The molecule has 2 fully saturated rings. The second-order valence-corrected chi connectivity index (χ2v) is 15.3. The molecule has 2 aliphatic rings. The Morgan fingerprint density at radius 1 is 0.935 bits per heavy atom. The van der Waals surface area contributed by atoms with E-state index in [2.05, 4.69) is 26.6 Å². The molecule has 0 N–H and O–H groups in total. The number of ether oxygens (including phenoxy) is 1. The number of halogens is 1. The normalized spacial score (nSPS) is 17.4. The van der Waals surface area contributed by atoms with Crippen LogP contribution in [-0.4, -0.2) is 81.0 Å². The molecule has 0 spiro atoms. The molecule has 1 unspecified atom stereocenters. The Kier molecular flexibility index (Phi) is 10.0. The van der Waals surface area contributed by atoms with Crippen molar-refractivity contribution < 1.29 is 22.1 Å². The third-order valence-electron chi connectivity index (χ3n) is 9.10. The predicted molar refractivity (Wildman–Crippen MR) is 182 cm³/mol. The molecular formula is C35H41FN4O4S2. The maximum atomic E-state index is 14.2. The quantitative estimate of drug-likeness (QED) is 0.153. The molecule has 2 saturated heterocycles. The van der Waals surface area contributed by atoms with E-state index in [0.717, 1.165) is 57.5 Å². The molecule has 11 heteroatoms. The van der Waals surface area contributed by atoms with Gasteiger partial charge in [0.15, 0.2) is 4.90 Å². The number of hydrogen-bond acceptors (Lipinski definition) is 8. The summed E-state index contributed by atoms with van der Waals surface area (Å²) in [5, 5.41) is 0.694. The average Bonchev–Trinajstić information content (AvgIpc) is 3.08. The molecule has 1 aromatic heterocycles. The average molecular weight is 665 g/mol. The molecule has 0 saturated carbocycles. The Bertz CT molecular complexity index is 1740. The van der Waals surface area contributed by atoms with Crippen LogP contribution in [0.25, 0.3) is 10.9 Å². The number of pyridine rings is 1. The number of aromatic nitrogens is 1. The molecule has 1 atom stereocenters. The first-order valence-corrected chi connectivity index (χ1v) is 19.0. The molecule has 3 aromatic carbocycles. The zero-order chi connectivity index (χ0) is 32.3. The number of piperazine rings is 1. The lowest BCUT2D eigenvalue weighted by Gasteiger charge is -2.44. The molecule has 0 aliphatic carbocycles. The second-order valence-electron chi connectivity index (χ2n) is 12.0. The molecule has 3 heterocycles. The number of anilines is 2. The molecule has 2 aliphatic heterocycles. The van der Waals surface area contributed by atoms with E-state index in [1.165, 1.54) is 18.3 Å². The van der Waals surface area contributed by atoms with Gasteiger partial charge in [-0.3, -0.25) is 9.88 Å². The Morgan fingerprint density at radius 2 is 1.63 bits per heavy atom. The number of hydrogen-bond donors (Lipinski definition) is 0. The van der Waals surface area contributed by atoms with Crippen LogP contribution in [0.5, 0.6) is 5.75 Å². The van der Waals surface area contributed by atoms with E-state index >= 15 is 0 Å². The Balaban J connectivity index is 1.24. The Hall–Kier alpha value is -3.38. The van der Waals surface area contributed by atoms with Crippen molar-refractivity contribution in [3.8, 4) is 5.75 Å². The third-order valence-corrected chi connectivity index (χ3v) is 11.8. The zero-order valence-electron chi connectivity index (χ0n) is 26.4. The molecule has 0 bridgehead atoms. The van der Waals surface area contributed by atoms with Crippen LogP contribution < -0.4 is 14.5 Å². The van der Waals surface area contributed by atoms with Gasteiger partial charge in [0.1, 0.15) is 22.7 Å². The Labute approximate surface area is 274 Å².